The van der Waals surface area contributed by atoms with Crippen LogP contribution < -0.4 is 10.1 Å². The van der Waals surface area contributed by atoms with E-state index in [2.05, 4.69) is 10.5 Å². The van der Waals surface area contributed by atoms with Crippen LogP contribution in [0.2, 0.25) is 0 Å². The lowest BCUT2D eigenvalue weighted by molar-refractivity contribution is -0.146. The smallest absolute Gasteiger partial charge is 0.316 e. The van der Waals surface area contributed by atoms with Crippen molar-refractivity contribution in [2.24, 2.45) is 0 Å². The summed E-state index contributed by atoms with van der Waals surface area (Å²) in [4.78, 5) is 17.1. The molecule has 8 heteroatoms. The van der Waals surface area contributed by atoms with Crippen molar-refractivity contribution in [3.05, 3.63) is 102 Å². The number of carbonyl (C=O) groups is 1. The number of rotatable bonds is 9. The first-order chi connectivity index (χ1) is 20.4. The van der Waals surface area contributed by atoms with Crippen LogP contribution in [0.5, 0.6) is 5.75 Å². The zero-order valence-corrected chi connectivity index (χ0v) is 23.6. The van der Waals surface area contributed by atoms with Crippen molar-refractivity contribution < 1.29 is 23.2 Å². The maximum absolute atomic E-state index is 14.0. The standard InChI is InChI=1S/C34H30FN3O4/c1-4-41-33(39)34(18-19-34)25-14-12-23(13-15-25)22-8-10-24(11-9-22)32-31(21(2)38-42-32)37-30-7-5-6-28(36-30)27-20-26(35)16-17-29(27)40-3/h5-17,20H,4,18-19H2,1-3H3,(H,36,37). The molecule has 0 aliphatic heterocycles. The number of benzene rings is 3. The fourth-order valence-corrected chi connectivity index (χ4v) is 5.18. The minimum Gasteiger partial charge on any atom is -0.496 e. The molecule has 7 nitrogen and oxygen atoms in total. The van der Waals surface area contributed by atoms with E-state index >= 15 is 0 Å². The van der Waals surface area contributed by atoms with Crippen molar-refractivity contribution in [3.63, 3.8) is 0 Å². The van der Waals surface area contributed by atoms with E-state index in [9.17, 15) is 9.18 Å². The molecule has 2 aromatic heterocycles. The van der Waals surface area contributed by atoms with E-state index in [0.717, 1.165) is 35.1 Å². The molecule has 0 unspecified atom stereocenters. The number of anilines is 2. The van der Waals surface area contributed by atoms with Crippen LogP contribution in [0.15, 0.2) is 89.5 Å². The van der Waals surface area contributed by atoms with Crippen molar-refractivity contribution in [3.8, 4) is 39.5 Å². The van der Waals surface area contributed by atoms with E-state index in [1.165, 1.54) is 12.1 Å². The Balaban J connectivity index is 1.23. The van der Waals surface area contributed by atoms with Gasteiger partial charge in [-0.05, 0) is 73.7 Å². The van der Waals surface area contributed by atoms with Gasteiger partial charge in [0.15, 0.2) is 5.76 Å². The molecule has 5 aromatic rings. The van der Waals surface area contributed by atoms with Crippen LogP contribution in [0.4, 0.5) is 15.9 Å². The van der Waals surface area contributed by atoms with Crippen molar-refractivity contribution in [2.45, 2.75) is 32.1 Å². The van der Waals surface area contributed by atoms with Gasteiger partial charge in [-0.3, -0.25) is 4.79 Å². The molecule has 1 saturated carbocycles. The Hall–Kier alpha value is -4.98. The maximum Gasteiger partial charge on any atom is 0.316 e. The highest BCUT2D eigenvalue weighted by Gasteiger charge is 2.52. The van der Waals surface area contributed by atoms with Gasteiger partial charge in [-0.2, -0.15) is 0 Å². The third-order valence-electron chi connectivity index (χ3n) is 7.64. The Morgan fingerprint density at radius 1 is 0.976 bits per heavy atom. The van der Waals surface area contributed by atoms with Gasteiger partial charge in [-0.1, -0.05) is 59.8 Å². The molecule has 3 aromatic carbocycles. The predicted molar refractivity (Wildman–Crippen MR) is 159 cm³/mol. The Bertz CT molecular complexity index is 1740. The van der Waals surface area contributed by atoms with E-state index in [1.54, 1.807) is 19.2 Å². The predicted octanol–water partition coefficient (Wildman–Crippen LogP) is 7.87. The molecule has 1 aliphatic rings. The second kappa shape index (κ2) is 11.1. The number of esters is 1. The summed E-state index contributed by atoms with van der Waals surface area (Å²) in [6.45, 7) is 4.08. The summed E-state index contributed by atoms with van der Waals surface area (Å²) in [5, 5.41) is 7.52. The average Bonchev–Trinajstić information content (AvgIpc) is 3.76. The first kappa shape index (κ1) is 27.2. The van der Waals surface area contributed by atoms with Crippen molar-refractivity contribution in [1.29, 1.82) is 0 Å². The molecular formula is C34H30FN3O4. The largest absolute Gasteiger partial charge is 0.496 e. The van der Waals surface area contributed by atoms with Crippen LogP contribution in [0.1, 0.15) is 31.0 Å². The number of methoxy groups -OCH3 is 1. The number of nitrogens with zero attached hydrogens (tertiary/aromatic N) is 2. The van der Waals surface area contributed by atoms with Crippen LogP contribution in [0, 0.1) is 12.7 Å². The number of hydrogen-bond acceptors (Lipinski definition) is 7. The van der Waals surface area contributed by atoms with Crippen molar-refractivity contribution >= 4 is 17.5 Å². The topological polar surface area (TPSA) is 86.5 Å². The zero-order valence-electron chi connectivity index (χ0n) is 23.6. The molecule has 6 rings (SSSR count). The minimum absolute atomic E-state index is 0.135. The van der Waals surface area contributed by atoms with E-state index in [1.807, 2.05) is 74.5 Å². The zero-order chi connectivity index (χ0) is 29.3. The first-order valence-corrected chi connectivity index (χ1v) is 13.8. The molecule has 0 amide bonds. The van der Waals surface area contributed by atoms with Gasteiger partial charge >= 0.3 is 5.97 Å². The summed E-state index contributed by atoms with van der Waals surface area (Å²) in [5.74, 6) is 1.16. The molecule has 1 fully saturated rings. The highest BCUT2D eigenvalue weighted by molar-refractivity contribution is 5.87. The van der Waals surface area contributed by atoms with Gasteiger partial charge in [-0.15, -0.1) is 0 Å². The van der Waals surface area contributed by atoms with Crippen LogP contribution in [0.3, 0.4) is 0 Å². The minimum atomic E-state index is -0.482. The Morgan fingerprint density at radius 3 is 2.33 bits per heavy atom. The summed E-state index contributed by atoms with van der Waals surface area (Å²) in [5.41, 5.74) is 5.94. The average molecular weight is 564 g/mol. The highest BCUT2D eigenvalue weighted by atomic mass is 19.1. The maximum atomic E-state index is 14.0. The molecule has 0 spiro atoms. The number of aryl methyl sites for hydroxylation is 1. The van der Waals surface area contributed by atoms with Gasteiger partial charge in [-0.25, -0.2) is 9.37 Å². The molecule has 0 bridgehead atoms. The summed E-state index contributed by atoms with van der Waals surface area (Å²) < 4.78 is 30.4. The normalized spacial score (nSPS) is 13.4. The lowest BCUT2D eigenvalue weighted by atomic mass is 9.93. The third-order valence-corrected chi connectivity index (χ3v) is 7.64. The molecule has 212 valence electrons. The summed E-state index contributed by atoms with van der Waals surface area (Å²) in [6.07, 6.45) is 1.65. The second-order valence-corrected chi connectivity index (χ2v) is 10.3. The highest BCUT2D eigenvalue weighted by Crippen LogP contribution is 2.49. The molecule has 42 heavy (non-hydrogen) atoms. The van der Waals surface area contributed by atoms with Gasteiger partial charge in [0.2, 0.25) is 0 Å². The van der Waals surface area contributed by atoms with Gasteiger partial charge in [0, 0.05) is 11.1 Å². The number of aromatic nitrogens is 2. The Labute approximate surface area is 243 Å². The number of hydrogen-bond donors (Lipinski definition) is 1. The van der Waals surface area contributed by atoms with Crippen LogP contribution in [0.25, 0.3) is 33.7 Å². The molecule has 2 heterocycles. The molecule has 0 atom stereocenters. The Kier molecular flexibility index (Phi) is 7.20. The quantitative estimate of drug-likeness (QED) is 0.183. The van der Waals surface area contributed by atoms with Crippen LogP contribution in [-0.2, 0) is 14.9 Å². The third kappa shape index (κ3) is 5.11. The molecule has 0 saturated heterocycles. The second-order valence-electron chi connectivity index (χ2n) is 10.3. The van der Waals surface area contributed by atoms with E-state index in [4.69, 9.17) is 19.0 Å². The van der Waals surface area contributed by atoms with E-state index < -0.39 is 5.41 Å². The Morgan fingerprint density at radius 2 is 1.67 bits per heavy atom. The van der Waals surface area contributed by atoms with Gasteiger partial charge in [0.1, 0.15) is 28.8 Å². The number of pyridine rings is 1. The number of nitrogens with one attached hydrogen (secondary N) is 1. The summed E-state index contributed by atoms with van der Waals surface area (Å²) in [7, 11) is 1.54. The van der Waals surface area contributed by atoms with Crippen LogP contribution in [-0.4, -0.2) is 29.8 Å². The molecule has 1 N–H and O–H groups in total. The number of halogens is 1. The fourth-order valence-electron chi connectivity index (χ4n) is 5.18. The van der Waals surface area contributed by atoms with Crippen LogP contribution >= 0.6 is 0 Å². The number of carbonyl (C=O) groups excluding carboxylic acids is 1. The molecular weight excluding hydrogens is 533 g/mol. The van der Waals surface area contributed by atoms with Gasteiger partial charge in [0.25, 0.3) is 0 Å². The number of ether oxygens (including phenoxy) is 2. The van der Waals surface area contributed by atoms with Gasteiger partial charge < -0.3 is 19.3 Å². The summed E-state index contributed by atoms with van der Waals surface area (Å²) in [6, 6.07) is 26.0. The van der Waals surface area contributed by atoms with E-state index in [-0.39, 0.29) is 11.8 Å². The van der Waals surface area contributed by atoms with E-state index in [0.29, 0.717) is 46.6 Å². The van der Waals surface area contributed by atoms with Crippen molar-refractivity contribution in [1.82, 2.24) is 10.1 Å². The SMILES string of the molecule is CCOC(=O)C1(c2ccc(-c3ccc(-c4onc(C)c4Nc4cccc(-c5cc(F)ccc5OC)n4)cc3)cc2)CC1. The summed E-state index contributed by atoms with van der Waals surface area (Å²) >= 11 is 0. The lowest BCUT2D eigenvalue weighted by Crippen LogP contribution is -2.23. The lowest BCUT2D eigenvalue weighted by Gasteiger charge is -2.14. The monoisotopic (exact) mass is 563 g/mol. The first-order valence-electron chi connectivity index (χ1n) is 13.8. The van der Waals surface area contributed by atoms with Crippen molar-refractivity contribution in [2.75, 3.05) is 19.0 Å². The molecule has 1 aliphatic carbocycles. The van der Waals surface area contributed by atoms with Gasteiger partial charge in [0.05, 0.1) is 24.8 Å². The fraction of sp³-hybridized carbons (Fsp3) is 0.206. The molecule has 0 radical (unpaired) electrons.